The number of nitrogens with zero attached hydrogens (tertiary/aromatic N) is 1. The van der Waals surface area contributed by atoms with E-state index in [2.05, 4.69) is 5.32 Å². The Hall–Kier alpha value is -1.01. The second kappa shape index (κ2) is 6.83. The van der Waals surface area contributed by atoms with Crippen molar-refractivity contribution in [3.05, 3.63) is 22.2 Å². The third-order valence-electron chi connectivity index (χ3n) is 3.64. The lowest BCUT2D eigenvalue weighted by atomic mass is 10.0. The summed E-state index contributed by atoms with van der Waals surface area (Å²) in [6.45, 7) is 5.37. The molecule has 1 amide bonds. The maximum Gasteiger partial charge on any atom is 0.241 e. The highest BCUT2D eigenvalue weighted by Crippen LogP contribution is 2.32. The molecule has 0 fully saturated rings. The van der Waals surface area contributed by atoms with Crippen LogP contribution in [0, 0.1) is 0 Å². The molecule has 0 saturated carbocycles. The number of likely N-dealkylation sites (N-methyl/N-ethyl adjacent to an activating group) is 1. The van der Waals surface area contributed by atoms with Gasteiger partial charge < -0.3 is 16.2 Å². The Morgan fingerprint density at radius 1 is 1.48 bits per heavy atom. The first kappa shape index (κ1) is 18.0. The molecule has 1 aromatic rings. The standard InChI is InChI=1S/C14H21Cl2N3O2/c1-8(19(4)14(2,3)7-20)13(21)18-12-10(16)5-9(15)6-11(12)17/h5-6,8,20H,7,17H2,1-4H3,(H,18,21). The fraction of sp³-hybridized carbons (Fsp3) is 0.500. The lowest BCUT2D eigenvalue weighted by Crippen LogP contribution is -2.52. The number of benzene rings is 1. The summed E-state index contributed by atoms with van der Waals surface area (Å²) in [5, 5.41) is 12.8. The van der Waals surface area contributed by atoms with Crippen LogP contribution in [0.25, 0.3) is 0 Å². The minimum absolute atomic E-state index is 0.0645. The molecule has 118 valence electrons. The summed E-state index contributed by atoms with van der Waals surface area (Å²) in [5.74, 6) is -0.269. The largest absolute Gasteiger partial charge is 0.397 e. The summed E-state index contributed by atoms with van der Waals surface area (Å²) in [7, 11) is 1.77. The number of nitrogen functional groups attached to an aromatic ring is 1. The topological polar surface area (TPSA) is 78.6 Å². The molecule has 4 N–H and O–H groups in total. The van der Waals surface area contributed by atoms with Crippen LogP contribution in [0.4, 0.5) is 11.4 Å². The molecule has 7 heteroatoms. The SMILES string of the molecule is CC(C(=O)Nc1c(N)cc(Cl)cc1Cl)N(C)C(C)(C)CO. The Bertz CT molecular complexity index is 512. The Labute approximate surface area is 135 Å². The van der Waals surface area contributed by atoms with Gasteiger partial charge >= 0.3 is 0 Å². The van der Waals surface area contributed by atoms with Crippen LogP contribution in [0.3, 0.4) is 0 Å². The van der Waals surface area contributed by atoms with Gasteiger partial charge in [0.1, 0.15) is 0 Å². The van der Waals surface area contributed by atoms with E-state index in [1.54, 1.807) is 18.9 Å². The van der Waals surface area contributed by atoms with Crippen molar-refractivity contribution in [3.8, 4) is 0 Å². The van der Waals surface area contributed by atoms with E-state index in [0.717, 1.165) is 0 Å². The summed E-state index contributed by atoms with van der Waals surface area (Å²) in [6.07, 6.45) is 0. The zero-order valence-corrected chi connectivity index (χ0v) is 14.1. The van der Waals surface area contributed by atoms with Crippen molar-refractivity contribution >= 4 is 40.5 Å². The maximum atomic E-state index is 12.3. The third kappa shape index (κ3) is 4.23. The van der Waals surface area contributed by atoms with Crippen molar-refractivity contribution in [2.45, 2.75) is 32.4 Å². The molecule has 5 nitrogen and oxygen atoms in total. The van der Waals surface area contributed by atoms with Crippen LogP contribution >= 0.6 is 23.2 Å². The fourth-order valence-electron chi connectivity index (χ4n) is 1.76. The minimum atomic E-state index is -0.522. The fourth-order valence-corrected chi connectivity index (χ4v) is 2.32. The van der Waals surface area contributed by atoms with Crippen LogP contribution in [-0.2, 0) is 4.79 Å². The first-order chi connectivity index (χ1) is 9.60. The molecule has 1 atom stereocenters. The molecule has 0 heterocycles. The Kier molecular flexibility index (Phi) is 5.87. The lowest BCUT2D eigenvalue weighted by Gasteiger charge is -2.37. The zero-order valence-electron chi connectivity index (χ0n) is 12.6. The van der Waals surface area contributed by atoms with Crippen LogP contribution in [0.2, 0.25) is 10.0 Å². The zero-order chi connectivity index (χ0) is 16.4. The number of halogens is 2. The number of nitrogens with two attached hydrogens (primary N) is 1. The third-order valence-corrected chi connectivity index (χ3v) is 4.15. The molecule has 1 unspecified atom stereocenters. The highest BCUT2D eigenvalue weighted by Gasteiger charge is 2.30. The Morgan fingerprint density at radius 2 is 2.05 bits per heavy atom. The summed E-state index contributed by atoms with van der Waals surface area (Å²) in [6, 6.07) is 2.56. The number of carbonyl (C=O) groups is 1. The Balaban J connectivity index is 2.92. The van der Waals surface area contributed by atoms with Gasteiger partial charge in [-0.1, -0.05) is 23.2 Å². The van der Waals surface area contributed by atoms with Gasteiger partial charge in [-0.25, -0.2) is 0 Å². The smallest absolute Gasteiger partial charge is 0.241 e. The lowest BCUT2D eigenvalue weighted by molar-refractivity contribution is -0.122. The predicted octanol–water partition coefficient (Wildman–Crippen LogP) is 2.61. The van der Waals surface area contributed by atoms with E-state index in [-0.39, 0.29) is 17.5 Å². The van der Waals surface area contributed by atoms with E-state index < -0.39 is 11.6 Å². The van der Waals surface area contributed by atoms with E-state index in [9.17, 15) is 9.90 Å². The monoisotopic (exact) mass is 333 g/mol. The number of amides is 1. The molecule has 0 aliphatic heterocycles. The summed E-state index contributed by atoms with van der Waals surface area (Å²) in [4.78, 5) is 14.1. The molecular weight excluding hydrogens is 313 g/mol. The molecule has 21 heavy (non-hydrogen) atoms. The molecule has 1 rings (SSSR count). The molecule has 1 aromatic carbocycles. The van der Waals surface area contributed by atoms with Crippen molar-refractivity contribution < 1.29 is 9.90 Å². The number of carbonyl (C=O) groups excluding carboxylic acids is 1. The van der Waals surface area contributed by atoms with E-state index in [1.807, 2.05) is 13.8 Å². The van der Waals surface area contributed by atoms with Gasteiger partial charge in [-0.05, 0) is 40.0 Å². The maximum absolute atomic E-state index is 12.3. The molecule has 0 aromatic heterocycles. The van der Waals surface area contributed by atoms with Crippen molar-refractivity contribution in [3.63, 3.8) is 0 Å². The van der Waals surface area contributed by atoms with Crippen LogP contribution in [0.1, 0.15) is 20.8 Å². The Morgan fingerprint density at radius 3 is 2.52 bits per heavy atom. The molecule has 0 aliphatic carbocycles. The molecule has 0 radical (unpaired) electrons. The second-order valence-electron chi connectivity index (χ2n) is 5.60. The number of hydrogen-bond donors (Lipinski definition) is 3. The highest BCUT2D eigenvalue weighted by atomic mass is 35.5. The van der Waals surface area contributed by atoms with Crippen molar-refractivity contribution in [2.24, 2.45) is 0 Å². The first-order valence-corrected chi connectivity index (χ1v) is 7.25. The van der Waals surface area contributed by atoms with Crippen LogP contribution in [-0.4, -0.2) is 41.1 Å². The van der Waals surface area contributed by atoms with Crippen LogP contribution < -0.4 is 11.1 Å². The van der Waals surface area contributed by atoms with Gasteiger partial charge in [0.2, 0.25) is 5.91 Å². The number of nitrogens with one attached hydrogen (secondary N) is 1. The van der Waals surface area contributed by atoms with E-state index in [1.165, 1.54) is 12.1 Å². The van der Waals surface area contributed by atoms with Crippen LogP contribution in [0.15, 0.2) is 12.1 Å². The molecule has 0 spiro atoms. The van der Waals surface area contributed by atoms with Gasteiger partial charge in [0.15, 0.2) is 0 Å². The quantitative estimate of drug-likeness (QED) is 0.723. The van der Waals surface area contributed by atoms with E-state index in [0.29, 0.717) is 16.4 Å². The van der Waals surface area contributed by atoms with Crippen LogP contribution in [0.5, 0.6) is 0 Å². The number of aliphatic hydroxyl groups is 1. The van der Waals surface area contributed by atoms with Gasteiger partial charge in [-0.15, -0.1) is 0 Å². The van der Waals surface area contributed by atoms with Gasteiger partial charge in [-0.3, -0.25) is 9.69 Å². The molecule has 0 bridgehead atoms. The number of aliphatic hydroxyl groups excluding tert-OH is 1. The van der Waals surface area contributed by atoms with Gasteiger partial charge in [-0.2, -0.15) is 0 Å². The van der Waals surface area contributed by atoms with E-state index >= 15 is 0 Å². The highest BCUT2D eigenvalue weighted by molar-refractivity contribution is 6.37. The average molecular weight is 334 g/mol. The predicted molar refractivity (Wildman–Crippen MR) is 87.9 cm³/mol. The summed E-state index contributed by atoms with van der Waals surface area (Å²) < 4.78 is 0. The number of rotatable bonds is 5. The van der Waals surface area contributed by atoms with Gasteiger partial charge in [0, 0.05) is 10.6 Å². The molecular formula is C14H21Cl2N3O2. The average Bonchev–Trinajstić information content (AvgIpc) is 2.40. The van der Waals surface area contributed by atoms with Crippen molar-refractivity contribution in [2.75, 3.05) is 24.7 Å². The minimum Gasteiger partial charge on any atom is -0.397 e. The number of hydrogen-bond acceptors (Lipinski definition) is 4. The second-order valence-corrected chi connectivity index (χ2v) is 6.44. The summed E-state index contributed by atoms with van der Waals surface area (Å²) in [5.41, 5.74) is 5.94. The van der Waals surface area contributed by atoms with Crippen molar-refractivity contribution in [1.82, 2.24) is 4.90 Å². The first-order valence-electron chi connectivity index (χ1n) is 6.49. The van der Waals surface area contributed by atoms with Gasteiger partial charge in [0.25, 0.3) is 0 Å². The van der Waals surface area contributed by atoms with E-state index in [4.69, 9.17) is 28.9 Å². The normalized spacial score (nSPS) is 13.3. The number of anilines is 2. The molecule has 0 saturated heterocycles. The molecule has 0 aliphatic rings. The van der Waals surface area contributed by atoms with Gasteiger partial charge in [0.05, 0.1) is 29.0 Å². The summed E-state index contributed by atoms with van der Waals surface area (Å²) >= 11 is 11.9. The van der Waals surface area contributed by atoms with Crippen molar-refractivity contribution in [1.29, 1.82) is 0 Å².